The van der Waals surface area contributed by atoms with E-state index >= 15 is 0 Å². The van der Waals surface area contributed by atoms with Crippen LogP contribution < -0.4 is 10.5 Å². The maximum Gasteiger partial charge on any atom is 0.251 e. The summed E-state index contributed by atoms with van der Waals surface area (Å²) in [5.41, 5.74) is 7.33. The molecule has 1 heterocycles. The molecule has 2 N–H and O–H groups in total. The van der Waals surface area contributed by atoms with Crippen LogP contribution in [0.1, 0.15) is 10.4 Å². The number of aromatic nitrogens is 2. The highest BCUT2D eigenvalue weighted by molar-refractivity contribution is 6.30. The molecule has 0 fully saturated rings. The average Bonchev–Trinajstić information content (AvgIpc) is 2.84. The van der Waals surface area contributed by atoms with E-state index in [1.165, 1.54) is 4.68 Å². The first-order valence-corrected chi connectivity index (χ1v) is 7.06. The van der Waals surface area contributed by atoms with E-state index in [1.54, 1.807) is 37.4 Å². The lowest BCUT2D eigenvalue weighted by Crippen LogP contribution is -2.15. The first-order valence-electron chi connectivity index (χ1n) is 6.68. The van der Waals surface area contributed by atoms with Crippen molar-refractivity contribution in [2.45, 2.75) is 6.42 Å². The molecule has 1 aromatic heterocycles. The van der Waals surface area contributed by atoms with Crippen molar-refractivity contribution in [1.82, 2.24) is 9.78 Å². The Morgan fingerprint density at radius 1 is 1.32 bits per heavy atom. The van der Waals surface area contributed by atoms with Gasteiger partial charge in [-0.05, 0) is 29.8 Å². The van der Waals surface area contributed by atoms with E-state index in [2.05, 4.69) is 5.10 Å². The number of nitrogen functional groups attached to an aromatic ring is 1. The minimum absolute atomic E-state index is 0.183. The molecule has 3 rings (SSSR count). The van der Waals surface area contributed by atoms with E-state index in [0.29, 0.717) is 22.1 Å². The van der Waals surface area contributed by atoms with Gasteiger partial charge in [0.15, 0.2) is 5.82 Å². The van der Waals surface area contributed by atoms with Crippen LogP contribution in [0, 0.1) is 0 Å². The summed E-state index contributed by atoms with van der Waals surface area (Å²) in [5.74, 6) is 0.776. The van der Waals surface area contributed by atoms with Crippen molar-refractivity contribution < 1.29 is 9.53 Å². The quantitative estimate of drug-likeness (QED) is 0.806. The van der Waals surface area contributed by atoms with Gasteiger partial charge in [-0.15, -0.1) is 5.10 Å². The smallest absolute Gasteiger partial charge is 0.251 e. The number of nitrogens with two attached hydrogens (primary N) is 1. The molecule has 0 saturated carbocycles. The Bertz CT molecular complexity index is 858. The van der Waals surface area contributed by atoms with Gasteiger partial charge in [0.1, 0.15) is 5.75 Å². The van der Waals surface area contributed by atoms with Gasteiger partial charge in [-0.3, -0.25) is 4.79 Å². The van der Waals surface area contributed by atoms with E-state index in [9.17, 15) is 4.79 Å². The average molecular weight is 316 g/mol. The molecule has 22 heavy (non-hydrogen) atoms. The van der Waals surface area contributed by atoms with Crippen molar-refractivity contribution in [2.24, 2.45) is 0 Å². The maximum absolute atomic E-state index is 12.5. The fourth-order valence-electron chi connectivity index (χ4n) is 2.33. The lowest BCUT2D eigenvalue weighted by Gasteiger charge is -2.04. The second-order valence-corrected chi connectivity index (χ2v) is 5.32. The molecule has 0 aliphatic rings. The molecule has 0 amide bonds. The first kappa shape index (κ1) is 14.4. The van der Waals surface area contributed by atoms with Crippen LogP contribution in [0.25, 0.3) is 10.9 Å². The Balaban J connectivity index is 2.00. The Morgan fingerprint density at radius 3 is 2.86 bits per heavy atom. The van der Waals surface area contributed by atoms with Gasteiger partial charge >= 0.3 is 0 Å². The molecule has 0 aliphatic carbocycles. The number of ether oxygens (including phenoxy) is 1. The number of carbonyl (C=O) groups excluding carboxylic acids is 1. The summed E-state index contributed by atoms with van der Waals surface area (Å²) in [6.45, 7) is 0. The molecular weight excluding hydrogens is 302 g/mol. The summed E-state index contributed by atoms with van der Waals surface area (Å²) in [7, 11) is 1.57. The predicted molar refractivity (Wildman–Crippen MR) is 86.5 cm³/mol. The zero-order chi connectivity index (χ0) is 15.7. The lowest BCUT2D eigenvalue weighted by molar-refractivity contribution is 0.0904. The largest absolute Gasteiger partial charge is 0.497 e. The molecule has 0 atom stereocenters. The van der Waals surface area contributed by atoms with Crippen LogP contribution in [0.5, 0.6) is 5.75 Å². The Hall–Kier alpha value is -2.53. The van der Waals surface area contributed by atoms with E-state index in [0.717, 1.165) is 10.9 Å². The van der Waals surface area contributed by atoms with E-state index in [4.69, 9.17) is 22.1 Å². The molecule has 0 bridgehead atoms. The normalized spacial score (nSPS) is 10.8. The summed E-state index contributed by atoms with van der Waals surface area (Å²) < 4.78 is 6.50. The molecule has 0 aliphatic heterocycles. The first-order chi connectivity index (χ1) is 10.6. The second kappa shape index (κ2) is 5.69. The topological polar surface area (TPSA) is 70.1 Å². The monoisotopic (exact) mass is 315 g/mol. The van der Waals surface area contributed by atoms with Crippen molar-refractivity contribution in [3.8, 4) is 5.75 Å². The van der Waals surface area contributed by atoms with Crippen molar-refractivity contribution in [2.75, 3.05) is 12.8 Å². The zero-order valence-electron chi connectivity index (χ0n) is 11.9. The van der Waals surface area contributed by atoms with Crippen molar-refractivity contribution in [1.29, 1.82) is 0 Å². The Morgan fingerprint density at radius 2 is 2.14 bits per heavy atom. The van der Waals surface area contributed by atoms with E-state index < -0.39 is 0 Å². The van der Waals surface area contributed by atoms with Crippen molar-refractivity contribution >= 4 is 34.2 Å². The number of anilines is 1. The minimum atomic E-state index is -0.183. The molecule has 5 nitrogen and oxygen atoms in total. The van der Waals surface area contributed by atoms with Crippen LogP contribution in [0.4, 0.5) is 5.82 Å². The number of fused-ring (bicyclic) bond motifs is 1. The van der Waals surface area contributed by atoms with Crippen molar-refractivity contribution in [3.05, 3.63) is 53.1 Å². The van der Waals surface area contributed by atoms with Crippen LogP contribution >= 0.6 is 11.6 Å². The number of benzene rings is 2. The van der Waals surface area contributed by atoms with Gasteiger partial charge in [0.2, 0.25) is 0 Å². The third-order valence-corrected chi connectivity index (χ3v) is 3.63. The van der Waals surface area contributed by atoms with Crippen molar-refractivity contribution in [3.63, 3.8) is 0 Å². The molecular formula is C16H14ClN3O2. The predicted octanol–water partition coefficient (Wildman–Crippen LogP) is 3.16. The highest BCUT2D eigenvalue weighted by atomic mass is 35.5. The number of halogens is 1. The number of carbonyl (C=O) groups is 1. The molecule has 6 heteroatoms. The molecule has 2 aromatic carbocycles. The summed E-state index contributed by atoms with van der Waals surface area (Å²) in [4.78, 5) is 12.5. The molecule has 0 unspecified atom stereocenters. The van der Waals surface area contributed by atoms with Gasteiger partial charge < -0.3 is 10.5 Å². The molecule has 112 valence electrons. The molecule has 0 radical (unpaired) electrons. The van der Waals surface area contributed by atoms with Gasteiger partial charge in [0.05, 0.1) is 19.0 Å². The number of hydrogen-bond acceptors (Lipinski definition) is 4. The second-order valence-electron chi connectivity index (χ2n) is 4.88. The van der Waals surface area contributed by atoms with Crippen LogP contribution in [-0.4, -0.2) is 22.8 Å². The zero-order valence-corrected chi connectivity index (χ0v) is 12.7. The summed E-state index contributed by atoms with van der Waals surface area (Å²) in [6.07, 6.45) is 0.188. The van der Waals surface area contributed by atoms with Gasteiger partial charge in [0, 0.05) is 16.5 Å². The molecule has 0 spiro atoms. The molecule has 0 saturated heterocycles. The van der Waals surface area contributed by atoms with Gasteiger partial charge in [-0.25, -0.2) is 0 Å². The molecule has 3 aromatic rings. The van der Waals surface area contributed by atoms with E-state index in [-0.39, 0.29) is 12.3 Å². The highest BCUT2D eigenvalue weighted by Gasteiger charge is 2.15. The maximum atomic E-state index is 12.5. The van der Waals surface area contributed by atoms with Crippen LogP contribution in [0.3, 0.4) is 0 Å². The Kier molecular flexibility index (Phi) is 3.73. The third kappa shape index (κ3) is 2.63. The fraction of sp³-hybridized carbons (Fsp3) is 0.125. The number of methoxy groups -OCH3 is 1. The van der Waals surface area contributed by atoms with Crippen LogP contribution in [0.15, 0.2) is 42.5 Å². The highest BCUT2D eigenvalue weighted by Crippen LogP contribution is 2.25. The van der Waals surface area contributed by atoms with Crippen LogP contribution in [0.2, 0.25) is 5.02 Å². The number of nitrogens with zero attached hydrogens (tertiary/aromatic N) is 2. The SMILES string of the molecule is COc1ccc2c(N)nn(C(=O)Cc3cccc(Cl)c3)c2c1. The third-order valence-electron chi connectivity index (χ3n) is 3.40. The fourth-order valence-corrected chi connectivity index (χ4v) is 2.55. The summed E-state index contributed by atoms with van der Waals surface area (Å²) >= 11 is 5.94. The van der Waals surface area contributed by atoms with E-state index in [1.807, 2.05) is 12.1 Å². The Labute approximate surface area is 132 Å². The lowest BCUT2D eigenvalue weighted by atomic mass is 10.1. The summed E-state index contributed by atoms with van der Waals surface area (Å²) in [5, 5.41) is 5.46. The minimum Gasteiger partial charge on any atom is -0.497 e. The number of hydrogen-bond donors (Lipinski definition) is 1. The van der Waals surface area contributed by atoms with Gasteiger partial charge in [-0.2, -0.15) is 4.68 Å². The van der Waals surface area contributed by atoms with Gasteiger partial charge in [0.25, 0.3) is 5.91 Å². The standard InChI is InChI=1S/C16H14ClN3O2/c1-22-12-5-6-13-14(9-12)20(19-16(13)18)15(21)8-10-3-2-4-11(17)7-10/h2-7,9H,8H2,1H3,(H2,18,19). The number of rotatable bonds is 3. The summed E-state index contributed by atoms with van der Waals surface area (Å²) in [6, 6.07) is 12.5. The van der Waals surface area contributed by atoms with Crippen LogP contribution in [-0.2, 0) is 6.42 Å². The van der Waals surface area contributed by atoms with Gasteiger partial charge in [-0.1, -0.05) is 23.7 Å².